The number of carbonyl (C=O) groups is 2. The van der Waals surface area contributed by atoms with Crippen LogP contribution < -0.4 is 5.32 Å². The number of fused-ring (bicyclic) bond motifs is 1. The summed E-state index contributed by atoms with van der Waals surface area (Å²) in [6.07, 6.45) is 1.86. The van der Waals surface area contributed by atoms with Crippen LogP contribution >= 0.6 is 0 Å². The molecule has 2 rings (SSSR count). The average Bonchev–Trinajstić information content (AvgIpc) is 2.60. The first-order chi connectivity index (χ1) is 7.58. The van der Waals surface area contributed by atoms with Crippen molar-refractivity contribution in [3.05, 3.63) is 34.9 Å². The van der Waals surface area contributed by atoms with E-state index in [0.717, 1.165) is 24.0 Å². The van der Waals surface area contributed by atoms with Crippen molar-refractivity contribution in [2.24, 2.45) is 0 Å². The van der Waals surface area contributed by atoms with E-state index in [-0.39, 0.29) is 17.7 Å². The van der Waals surface area contributed by atoms with Gasteiger partial charge in [0.15, 0.2) is 5.78 Å². The van der Waals surface area contributed by atoms with Crippen LogP contribution in [-0.2, 0) is 11.2 Å². The maximum Gasteiger partial charge on any atom is 0.217 e. The van der Waals surface area contributed by atoms with Crippen LogP contribution in [0.1, 0.15) is 47.8 Å². The molecule has 1 unspecified atom stereocenters. The molecule has 0 aromatic heterocycles. The summed E-state index contributed by atoms with van der Waals surface area (Å²) >= 11 is 0. The third kappa shape index (κ3) is 1.98. The zero-order valence-corrected chi connectivity index (χ0v) is 9.54. The molecule has 1 atom stereocenters. The molecule has 0 saturated carbocycles. The number of Topliss-reactive ketones (excluding diaryl/α,β-unsaturated/α-hetero) is 1. The van der Waals surface area contributed by atoms with Crippen LogP contribution in [0.15, 0.2) is 18.2 Å². The normalized spacial score (nSPS) is 18.0. The Balaban J connectivity index is 2.28. The van der Waals surface area contributed by atoms with Gasteiger partial charge < -0.3 is 5.32 Å². The number of rotatable bonds is 2. The Bertz CT molecular complexity index is 451. The van der Waals surface area contributed by atoms with E-state index in [1.54, 1.807) is 6.92 Å². The Morgan fingerprint density at radius 2 is 2.06 bits per heavy atom. The zero-order chi connectivity index (χ0) is 11.7. The Morgan fingerprint density at radius 3 is 2.69 bits per heavy atom. The van der Waals surface area contributed by atoms with Crippen LogP contribution in [0, 0.1) is 0 Å². The predicted octanol–water partition coefficient (Wildman–Crippen LogP) is 2.01. The van der Waals surface area contributed by atoms with Crippen LogP contribution in [0.25, 0.3) is 0 Å². The molecule has 3 nitrogen and oxygen atoms in total. The molecule has 1 aliphatic carbocycles. The quantitative estimate of drug-likeness (QED) is 0.770. The summed E-state index contributed by atoms with van der Waals surface area (Å²) in [6.45, 7) is 3.10. The molecule has 0 radical (unpaired) electrons. The van der Waals surface area contributed by atoms with Crippen molar-refractivity contribution < 1.29 is 9.59 Å². The smallest absolute Gasteiger partial charge is 0.217 e. The molecule has 1 aliphatic rings. The van der Waals surface area contributed by atoms with Gasteiger partial charge in [-0.25, -0.2) is 0 Å². The second kappa shape index (κ2) is 4.08. The van der Waals surface area contributed by atoms with Gasteiger partial charge in [-0.2, -0.15) is 0 Å². The van der Waals surface area contributed by atoms with Gasteiger partial charge in [0, 0.05) is 12.5 Å². The minimum atomic E-state index is -0.00602. The summed E-state index contributed by atoms with van der Waals surface area (Å²) in [5.41, 5.74) is 3.09. The first-order valence-electron chi connectivity index (χ1n) is 5.49. The fourth-order valence-electron chi connectivity index (χ4n) is 2.23. The zero-order valence-electron chi connectivity index (χ0n) is 9.54. The molecule has 0 aliphatic heterocycles. The summed E-state index contributed by atoms with van der Waals surface area (Å²) in [7, 11) is 0. The number of aryl methyl sites for hydroxylation is 1. The number of ketones is 1. The van der Waals surface area contributed by atoms with Crippen LogP contribution in [-0.4, -0.2) is 11.7 Å². The van der Waals surface area contributed by atoms with Gasteiger partial charge in [0.25, 0.3) is 0 Å². The van der Waals surface area contributed by atoms with Gasteiger partial charge in [0.1, 0.15) is 0 Å². The van der Waals surface area contributed by atoms with Crippen LogP contribution in [0.2, 0.25) is 0 Å². The van der Waals surface area contributed by atoms with Crippen LogP contribution in [0.3, 0.4) is 0 Å². The maximum absolute atomic E-state index is 11.2. The van der Waals surface area contributed by atoms with E-state index in [4.69, 9.17) is 0 Å². The standard InChI is InChI=1S/C13H15NO2/c1-8(15)10-3-5-12-11(7-10)4-6-13(12)14-9(2)16/h3,5,7,13H,4,6H2,1-2H3,(H,14,16). The molecular formula is C13H15NO2. The van der Waals surface area contributed by atoms with Gasteiger partial charge >= 0.3 is 0 Å². The fourth-order valence-corrected chi connectivity index (χ4v) is 2.23. The molecule has 84 valence electrons. The van der Waals surface area contributed by atoms with Crippen molar-refractivity contribution >= 4 is 11.7 Å². The first kappa shape index (κ1) is 10.9. The third-order valence-corrected chi connectivity index (χ3v) is 3.00. The summed E-state index contributed by atoms with van der Waals surface area (Å²) < 4.78 is 0. The van der Waals surface area contributed by atoms with Gasteiger partial charge in [-0.1, -0.05) is 12.1 Å². The number of benzene rings is 1. The second-order valence-electron chi connectivity index (χ2n) is 4.26. The Kier molecular flexibility index (Phi) is 2.77. The molecule has 0 spiro atoms. The van der Waals surface area contributed by atoms with Crippen molar-refractivity contribution in [2.45, 2.75) is 32.7 Å². The summed E-state index contributed by atoms with van der Waals surface area (Å²) in [6, 6.07) is 5.86. The summed E-state index contributed by atoms with van der Waals surface area (Å²) in [4.78, 5) is 22.3. The van der Waals surface area contributed by atoms with Gasteiger partial charge in [-0.3, -0.25) is 9.59 Å². The topological polar surface area (TPSA) is 46.2 Å². The third-order valence-electron chi connectivity index (χ3n) is 3.00. The minimum Gasteiger partial charge on any atom is -0.350 e. The summed E-state index contributed by atoms with van der Waals surface area (Å²) in [5, 5.41) is 2.92. The number of nitrogens with one attached hydrogen (secondary N) is 1. The van der Waals surface area contributed by atoms with Gasteiger partial charge in [0.05, 0.1) is 6.04 Å². The highest BCUT2D eigenvalue weighted by atomic mass is 16.1. The summed E-state index contributed by atoms with van der Waals surface area (Å²) in [5.74, 6) is 0.0827. The van der Waals surface area contributed by atoms with E-state index in [1.807, 2.05) is 18.2 Å². The van der Waals surface area contributed by atoms with E-state index in [2.05, 4.69) is 5.32 Å². The molecule has 1 amide bonds. The molecule has 16 heavy (non-hydrogen) atoms. The van der Waals surface area contributed by atoms with Crippen LogP contribution in [0.5, 0.6) is 0 Å². The van der Waals surface area contributed by atoms with E-state index in [1.165, 1.54) is 12.5 Å². The van der Waals surface area contributed by atoms with E-state index < -0.39 is 0 Å². The number of hydrogen-bond acceptors (Lipinski definition) is 2. The van der Waals surface area contributed by atoms with Crippen molar-refractivity contribution in [1.82, 2.24) is 5.32 Å². The lowest BCUT2D eigenvalue weighted by atomic mass is 10.0. The van der Waals surface area contributed by atoms with E-state index in [0.29, 0.717) is 0 Å². The lowest BCUT2D eigenvalue weighted by Crippen LogP contribution is -2.24. The molecule has 0 heterocycles. The second-order valence-corrected chi connectivity index (χ2v) is 4.26. The Labute approximate surface area is 94.9 Å². The average molecular weight is 217 g/mol. The fraction of sp³-hybridized carbons (Fsp3) is 0.385. The highest BCUT2D eigenvalue weighted by Crippen LogP contribution is 2.31. The monoisotopic (exact) mass is 217 g/mol. The van der Waals surface area contributed by atoms with Gasteiger partial charge in [-0.05, 0) is 37.0 Å². The highest BCUT2D eigenvalue weighted by Gasteiger charge is 2.23. The maximum atomic E-state index is 11.2. The largest absolute Gasteiger partial charge is 0.350 e. The van der Waals surface area contributed by atoms with Crippen molar-refractivity contribution in [3.8, 4) is 0 Å². The molecule has 0 bridgehead atoms. The lowest BCUT2D eigenvalue weighted by molar-refractivity contribution is -0.119. The van der Waals surface area contributed by atoms with Crippen molar-refractivity contribution in [1.29, 1.82) is 0 Å². The molecular weight excluding hydrogens is 202 g/mol. The van der Waals surface area contributed by atoms with Crippen molar-refractivity contribution in [3.63, 3.8) is 0 Å². The van der Waals surface area contributed by atoms with Gasteiger partial charge in [-0.15, -0.1) is 0 Å². The number of hydrogen-bond donors (Lipinski definition) is 1. The molecule has 1 aromatic carbocycles. The minimum absolute atomic E-state index is 0.00602. The van der Waals surface area contributed by atoms with Gasteiger partial charge in [0.2, 0.25) is 5.91 Å². The number of carbonyl (C=O) groups excluding carboxylic acids is 2. The Morgan fingerprint density at radius 1 is 1.31 bits per heavy atom. The first-order valence-corrected chi connectivity index (χ1v) is 5.49. The van der Waals surface area contributed by atoms with E-state index in [9.17, 15) is 9.59 Å². The highest BCUT2D eigenvalue weighted by molar-refractivity contribution is 5.94. The number of amides is 1. The lowest BCUT2D eigenvalue weighted by Gasteiger charge is -2.12. The van der Waals surface area contributed by atoms with E-state index >= 15 is 0 Å². The molecule has 3 heteroatoms. The molecule has 0 saturated heterocycles. The van der Waals surface area contributed by atoms with Crippen molar-refractivity contribution in [2.75, 3.05) is 0 Å². The Hall–Kier alpha value is -1.64. The van der Waals surface area contributed by atoms with Crippen LogP contribution in [0.4, 0.5) is 0 Å². The SMILES string of the molecule is CC(=O)NC1CCc2cc(C(C)=O)ccc21. The molecule has 0 fully saturated rings. The molecule has 1 N–H and O–H groups in total. The predicted molar refractivity (Wildman–Crippen MR) is 61.3 cm³/mol. The molecule has 1 aromatic rings.